The second kappa shape index (κ2) is 57.7. The number of rotatable bonds is 54. The van der Waals surface area contributed by atoms with E-state index >= 15 is 0 Å². The van der Waals surface area contributed by atoms with Gasteiger partial charge in [-0.05, 0) is 83.5 Å². The number of carbonyl (C=O) groups is 3. The summed E-state index contributed by atoms with van der Waals surface area (Å²) in [5, 5.41) is 0. The predicted molar refractivity (Wildman–Crippen MR) is 298 cm³/mol. The highest BCUT2D eigenvalue weighted by Gasteiger charge is 2.19. The largest absolute Gasteiger partial charge is 0.462 e. The molecule has 0 N–H and O–H groups in total. The van der Waals surface area contributed by atoms with Crippen LogP contribution >= 0.6 is 0 Å². The smallest absolute Gasteiger partial charge is 0.306 e. The Morgan fingerprint density at radius 3 is 0.884 bits per heavy atom. The predicted octanol–water partition coefficient (Wildman–Crippen LogP) is 20.0. The van der Waals surface area contributed by atoms with Crippen LogP contribution in [0.25, 0.3) is 0 Å². The molecule has 0 bridgehead atoms. The number of esters is 3. The fraction of sp³-hybridized carbons (Fsp3) is 0.794. The lowest BCUT2D eigenvalue weighted by Crippen LogP contribution is -2.30. The fourth-order valence-electron chi connectivity index (χ4n) is 8.47. The lowest BCUT2D eigenvalue weighted by Gasteiger charge is -2.18. The molecule has 0 unspecified atom stereocenters. The van der Waals surface area contributed by atoms with Gasteiger partial charge < -0.3 is 14.2 Å². The minimum atomic E-state index is -0.784. The zero-order chi connectivity index (χ0) is 50.0. The maximum atomic E-state index is 12.9. The Kier molecular flexibility index (Phi) is 55.3. The van der Waals surface area contributed by atoms with Gasteiger partial charge in [0.2, 0.25) is 0 Å². The molecule has 0 radical (unpaired) electrons. The van der Waals surface area contributed by atoms with Crippen molar-refractivity contribution in [3.05, 3.63) is 60.8 Å². The van der Waals surface area contributed by atoms with Crippen LogP contribution < -0.4 is 0 Å². The molecule has 0 amide bonds. The summed E-state index contributed by atoms with van der Waals surface area (Å²) in [6, 6.07) is 0. The lowest BCUT2D eigenvalue weighted by atomic mass is 10.0. The van der Waals surface area contributed by atoms with Gasteiger partial charge in [0.15, 0.2) is 6.10 Å². The first-order chi connectivity index (χ1) is 34.0. The van der Waals surface area contributed by atoms with Crippen molar-refractivity contribution in [1.82, 2.24) is 0 Å². The van der Waals surface area contributed by atoms with Crippen LogP contribution in [0.2, 0.25) is 0 Å². The molecule has 0 aromatic carbocycles. The molecule has 0 aliphatic carbocycles. The van der Waals surface area contributed by atoms with Gasteiger partial charge in [0.1, 0.15) is 13.2 Å². The van der Waals surface area contributed by atoms with Gasteiger partial charge in [-0.1, -0.05) is 261 Å². The Balaban J connectivity index is 4.38. The van der Waals surface area contributed by atoms with Crippen molar-refractivity contribution >= 4 is 17.9 Å². The maximum Gasteiger partial charge on any atom is 0.306 e. The van der Waals surface area contributed by atoms with E-state index in [4.69, 9.17) is 14.2 Å². The normalized spacial score (nSPS) is 12.4. The van der Waals surface area contributed by atoms with Crippen LogP contribution in [-0.2, 0) is 28.6 Å². The van der Waals surface area contributed by atoms with Gasteiger partial charge in [-0.3, -0.25) is 14.4 Å². The standard InChI is InChI=1S/C63H112O6/c1-4-7-10-13-16-19-22-25-28-30-32-34-35-38-41-44-47-50-53-56-62(65)68-59-60(58-67-61(64)55-52-49-46-43-40-37-27-24-21-18-15-12-9-6-3)69-63(66)57-54-51-48-45-42-39-36-33-31-29-26-23-20-17-14-11-8-5-2/h15-16,18-19,24-25,27-28,32,34,60H,4-14,17,20-23,26,29-31,33,35-59H2,1-3H3/b18-15-,19-16-,27-24-,28-25-,34-32-/t60-/m1/s1. The third-order valence-corrected chi connectivity index (χ3v) is 13.0. The van der Waals surface area contributed by atoms with Gasteiger partial charge in [0.25, 0.3) is 0 Å². The number of unbranched alkanes of at least 4 members (excludes halogenated alkanes) is 33. The molecular weight excluding hydrogens is 853 g/mol. The molecule has 0 heterocycles. The zero-order valence-corrected chi connectivity index (χ0v) is 45.8. The van der Waals surface area contributed by atoms with Gasteiger partial charge in [-0.25, -0.2) is 0 Å². The van der Waals surface area contributed by atoms with E-state index in [9.17, 15) is 14.4 Å². The number of hydrogen-bond acceptors (Lipinski definition) is 6. The zero-order valence-electron chi connectivity index (χ0n) is 45.8. The summed E-state index contributed by atoms with van der Waals surface area (Å²) >= 11 is 0. The van der Waals surface area contributed by atoms with Crippen LogP contribution in [0.5, 0.6) is 0 Å². The average molecular weight is 966 g/mol. The monoisotopic (exact) mass is 965 g/mol. The molecule has 0 aromatic rings. The van der Waals surface area contributed by atoms with E-state index in [2.05, 4.69) is 81.5 Å². The minimum absolute atomic E-state index is 0.0833. The highest BCUT2D eigenvalue weighted by Crippen LogP contribution is 2.16. The molecular formula is C63H112O6. The SMILES string of the molecule is CCCC/C=C\C/C=C\CCCCCCCC(=O)OC[C@H](COC(=O)CCCCCCCC/C=C\C/C=C\C/C=C\CCCCC)OC(=O)CCCCCCCCCCCCCCCCCCCC. The topological polar surface area (TPSA) is 78.9 Å². The second-order valence-electron chi connectivity index (χ2n) is 19.9. The van der Waals surface area contributed by atoms with Crippen LogP contribution in [0.4, 0.5) is 0 Å². The highest BCUT2D eigenvalue weighted by atomic mass is 16.6. The van der Waals surface area contributed by atoms with Crippen molar-refractivity contribution in [2.24, 2.45) is 0 Å². The summed E-state index contributed by atoms with van der Waals surface area (Å²) in [4.78, 5) is 38.2. The molecule has 0 saturated heterocycles. The number of carbonyl (C=O) groups excluding carboxylic acids is 3. The highest BCUT2D eigenvalue weighted by molar-refractivity contribution is 5.71. The van der Waals surface area contributed by atoms with Gasteiger partial charge in [-0.15, -0.1) is 0 Å². The number of hydrogen-bond donors (Lipinski definition) is 0. The first-order valence-corrected chi connectivity index (χ1v) is 29.8. The molecule has 0 aliphatic rings. The Morgan fingerprint density at radius 2 is 0.536 bits per heavy atom. The molecule has 0 spiro atoms. The van der Waals surface area contributed by atoms with Crippen LogP contribution in [0, 0.1) is 0 Å². The summed E-state index contributed by atoms with van der Waals surface area (Å²) in [6.45, 7) is 6.58. The van der Waals surface area contributed by atoms with Crippen molar-refractivity contribution in [2.75, 3.05) is 13.2 Å². The van der Waals surface area contributed by atoms with Crippen molar-refractivity contribution in [2.45, 2.75) is 309 Å². The van der Waals surface area contributed by atoms with Gasteiger partial charge in [-0.2, -0.15) is 0 Å². The summed E-state index contributed by atoms with van der Waals surface area (Å²) < 4.78 is 16.9. The second-order valence-corrected chi connectivity index (χ2v) is 19.9. The summed E-state index contributed by atoms with van der Waals surface area (Å²) in [5.74, 6) is -0.894. The molecule has 0 saturated carbocycles. The molecule has 6 nitrogen and oxygen atoms in total. The van der Waals surface area contributed by atoms with E-state index in [0.29, 0.717) is 19.3 Å². The number of allylic oxidation sites excluding steroid dienone is 10. The maximum absolute atomic E-state index is 12.9. The van der Waals surface area contributed by atoms with E-state index in [1.165, 1.54) is 167 Å². The molecule has 1 atom stereocenters. The van der Waals surface area contributed by atoms with Crippen LogP contribution in [0.1, 0.15) is 303 Å². The van der Waals surface area contributed by atoms with E-state index < -0.39 is 6.10 Å². The van der Waals surface area contributed by atoms with Crippen molar-refractivity contribution in [3.63, 3.8) is 0 Å². The molecule has 0 aromatic heterocycles. The molecule has 0 rings (SSSR count). The number of ether oxygens (including phenoxy) is 3. The Hall–Kier alpha value is -2.89. The minimum Gasteiger partial charge on any atom is -0.462 e. The quantitative estimate of drug-likeness (QED) is 0.0262. The van der Waals surface area contributed by atoms with E-state index in [0.717, 1.165) is 96.3 Å². The van der Waals surface area contributed by atoms with Crippen LogP contribution in [0.15, 0.2) is 60.8 Å². The molecule has 0 aliphatic heterocycles. The van der Waals surface area contributed by atoms with Crippen LogP contribution in [0.3, 0.4) is 0 Å². The summed E-state index contributed by atoms with van der Waals surface area (Å²) in [5.41, 5.74) is 0. The van der Waals surface area contributed by atoms with Crippen molar-refractivity contribution < 1.29 is 28.6 Å². The van der Waals surface area contributed by atoms with E-state index in [1.807, 2.05) is 0 Å². The van der Waals surface area contributed by atoms with Gasteiger partial charge >= 0.3 is 17.9 Å². The summed E-state index contributed by atoms with van der Waals surface area (Å²) in [6.07, 6.45) is 72.1. The lowest BCUT2D eigenvalue weighted by molar-refractivity contribution is -0.167. The Bertz CT molecular complexity index is 1250. The fourth-order valence-corrected chi connectivity index (χ4v) is 8.47. The van der Waals surface area contributed by atoms with E-state index in [1.54, 1.807) is 0 Å². The first-order valence-electron chi connectivity index (χ1n) is 29.8. The van der Waals surface area contributed by atoms with Crippen LogP contribution in [-0.4, -0.2) is 37.2 Å². The third-order valence-electron chi connectivity index (χ3n) is 13.0. The average Bonchev–Trinajstić information content (AvgIpc) is 3.35. The molecule has 400 valence electrons. The molecule has 69 heavy (non-hydrogen) atoms. The van der Waals surface area contributed by atoms with Crippen molar-refractivity contribution in [3.8, 4) is 0 Å². The van der Waals surface area contributed by atoms with Gasteiger partial charge in [0, 0.05) is 19.3 Å². The molecule has 6 heteroatoms. The Labute approximate surface area is 428 Å². The third kappa shape index (κ3) is 55.9. The van der Waals surface area contributed by atoms with E-state index in [-0.39, 0.29) is 31.1 Å². The van der Waals surface area contributed by atoms with Gasteiger partial charge in [0.05, 0.1) is 0 Å². The van der Waals surface area contributed by atoms with Crippen molar-refractivity contribution in [1.29, 1.82) is 0 Å². The first kappa shape index (κ1) is 66.1. The summed E-state index contributed by atoms with van der Waals surface area (Å²) in [7, 11) is 0. The molecule has 0 fully saturated rings. The Morgan fingerprint density at radius 1 is 0.290 bits per heavy atom.